The first-order chi connectivity index (χ1) is 19.0. The lowest BCUT2D eigenvalue weighted by Gasteiger charge is -2.24. The minimum Gasteiger partial charge on any atom is -0.481 e. The molecular formula is C27H48N2O12. The second-order valence-corrected chi connectivity index (χ2v) is 11.9. The Morgan fingerprint density at radius 2 is 1.07 bits per heavy atom. The molecule has 2 saturated carbocycles. The number of carbonyl (C=O) groups excluding carboxylic acids is 3. The molecule has 6 atom stereocenters. The zero-order valence-electron chi connectivity index (χ0n) is 25.6. The molecule has 2 amide bonds. The maximum atomic E-state index is 11.8. The van der Waals surface area contributed by atoms with E-state index in [1.54, 1.807) is 41.5 Å². The van der Waals surface area contributed by atoms with Crippen molar-refractivity contribution in [3.05, 3.63) is 0 Å². The number of alkyl carbamates (subject to hydrolysis) is 2. The van der Waals surface area contributed by atoms with Gasteiger partial charge in [0.1, 0.15) is 24.8 Å². The molecule has 0 unspecified atom stereocenters. The fourth-order valence-electron chi connectivity index (χ4n) is 4.46. The van der Waals surface area contributed by atoms with Crippen LogP contribution in [0.3, 0.4) is 0 Å². The molecule has 0 bridgehead atoms. The van der Waals surface area contributed by atoms with Crippen LogP contribution < -0.4 is 10.6 Å². The van der Waals surface area contributed by atoms with E-state index in [1.807, 2.05) is 0 Å². The van der Waals surface area contributed by atoms with Crippen molar-refractivity contribution in [3.63, 3.8) is 0 Å². The van der Waals surface area contributed by atoms with E-state index in [4.69, 9.17) is 38.3 Å². The highest BCUT2D eigenvalue weighted by atomic mass is 16.7. The molecule has 0 aromatic rings. The lowest BCUT2D eigenvalue weighted by atomic mass is 10.1. The Morgan fingerprint density at radius 3 is 1.41 bits per heavy atom. The van der Waals surface area contributed by atoms with Crippen LogP contribution in [0, 0.1) is 11.8 Å². The zero-order valence-corrected chi connectivity index (χ0v) is 25.6. The van der Waals surface area contributed by atoms with Crippen LogP contribution in [0.5, 0.6) is 0 Å². The van der Waals surface area contributed by atoms with Crippen LogP contribution in [0.15, 0.2) is 0 Å². The number of carboxylic acid groups (broad SMARTS) is 1. The van der Waals surface area contributed by atoms with Gasteiger partial charge in [-0.3, -0.25) is 9.59 Å². The molecule has 0 heterocycles. The Labute approximate surface area is 242 Å². The van der Waals surface area contributed by atoms with Gasteiger partial charge >= 0.3 is 24.1 Å². The second kappa shape index (κ2) is 16.7. The Morgan fingerprint density at radius 1 is 0.683 bits per heavy atom. The number of rotatable bonds is 10. The highest BCUT2D eigenvalue weighted by molar-refractivity contribution is 5.74. The van der Waals surface area contributed by atoms with E-state index in [9.17, 15) is 19.2 Å². The quantitative estimate of drug-likeness (QED) is 0.192. The number of nitrogens with one attached hydrogen (secondary N) is 2. The number of ether oxygens (including phenoxy) is 7. The summed E-state index contributed by atoms with van der Waals surface area (Å²) in [6.45, 7) is 10.8. The van der Waals surface area contributed by atoms with Gasteiger partial charge in [-0.15, -0.1) is 0 Å². The topological polar surface area (TPSA) is 177 Å². The molecule has 0 aromatic heterocycles. The summed E-state index contributed by atoms with van der Waals surface area (Å²) in [5.74, 6) is -2.01. The molecule has 3 N–H and O–H groups in total. The van der Waals surface area contributed by atoms with E-state index in [2.05, 4.69) is 10.6 Å². The Kier molecular flexibility index (Phi) is 14.8. The van der Waals surface area contributed by atoms with Gasteiger partial charge in [0.2, 0.25) is 0 Å². The first-order valence-electron chi connectivity index (χ1n) is 13.5. The van der Waals surface area contributed by atoms with Gasteiger partial charge in [0.15, 0.2) is 0 Å². The molecule has 0 spiro atoms. The molecule has 2 aliphatic carbocycles. The normalized spacial score (nSPS) is 25.9. The number of hydrogen-bond acceptors (Lipinski definition) is 11. The summed E-state index contributed by atoms with van der Waals surface area (Å²) in [5.41, 5.74) is -1.18. The van der Waals surface area contributed by atoms with Gasteiger partial charge in [0, 0.05) is 14.2 Å². The molecule has 2 fully saturated rings. The highest BCUT2D eigenvalue weighted by Gasteiger charge is 2.41. The molecular weight excluding hydrogens is 544 g/mol. The molecule has 14 heteroatoms. The molecule has 2 aliphatic rings. The monoisotopic (exact) mass is 592 g/mol. The molecule has 0 radical (unpaired) electrons. The van der Waals surface area contributed by atoms with Crippen molar-refractivity contribution < 1.29 is 57.4 Å². The van der Waals surface area contributed by atoms with Gasteiger partial charge in [-0.1, -0.05) is 0 Å². The molecule has 41 heavy (non-hydrogen) atoms. The average Bonchev–Trinajstić information content (AvgIpc) is 3.42. The third-order valence-electron chi connectivity index (χ3n) is 6.10. The summed E-state index contributed by atoms with van der Waals surface area (Å²) in [6.07, 6.45) is -0.174. The number of methoxy groups -OCH3 is 3. The summed E-state index contributed by atoms with van der Waals surface area (Å²) in [6, 6.07) is -0.694. The molecule has 0 aliphatic heterocycles. The third kappa shape index (κ3) is 14.2. The highest BCUT2D eigenvalue weighted by Crippen LogP contribution is 2.30. The Balaban J connectivity index is 0.000000410. The van der Waals surface area contributed by atoms with Gasteiger partial charge in [0.05, 0.1) is 43.2 Å². The summed E-state index contributed by atoms with van der Waals surface area (Å²) in [4.78, 5) is 46.3. The summed E-state index contributed by atoms with van der Waals surface area (Å²) in [7, 11) is 4.35. The van der Waals surface area contributed by atoms with Crippen molar-refractivity contribution in [2.24, 2.45) is 11.8 Å². The van der Waals surface area contributed by atoms with E-state index >= 15 is 0 Å². The van der Waals surface area contributed by atoms with Crippen LogP contribution in [0.2, 0.25) is 0 Å². The van der Waals surface area contributed by atoms with Crippen LogP contribution in [-0.4, -0.2) is 99.6 Å². The number of amides is 2. The standard InChI is InChI=1S/C14H25NO6.C13H23NO6/c1-14(2,3)21-13(17)15-10-6-9(12(16)19-5)7-11(10)20-8-18-4;1-13(2,3)20-12(17)14-9-5-8(11(15)16)6-10(9)19-7-18-4/h9-11H,6-8H2,1-5H3,(H,15,17);8-10H,5-7H2,1-4H3,(H,14,17)(H,15,16)/t9-,10+,11+;8-,9+,10+/m00/s1. The van der Waals surface area contributed by atoms with Crippen molar-refractivity contribution in [3.8, 4) is 0 Å². The first-order valence-corrected chi connectivity index (χ1v) is 13.5. The fraction of sp³-hybridized carbons (Fsp3) is 0.852. The van der Waals surface area contributed by atoms with Crippen LogP contribution in [0.4, 0.5) is 9.59 Å². The molecule has 0 aromatic carbocycles. The van der Waals surface area contributed by atoms with Crippen LogP contribution in [0.25, 0.3) is 0 Å². The smallest absolute Gasteiger partial charge is 0.407 e. The molecule has 14 nitrogen and oxygen atoms in total. The predicted molar refractivity (Wildman–Crippen MR) is 145 cm³/mol. The van der Waals surface area contributed by atoms with Gasteiger partial charge in [-0.25, -0.2) is 9.59 Å². The van der Waals surface area contributed by atoms with E-state index in [0.717, 1.165) is 0 Å². The third-order valence-corrected chi connectivity index (χ3v) is 6.10. The summed E-state index contributed by atoms with van der Waals surface area (Å²) in [5, 5.41) is 14.5. The molecule has 0 saturated heterocycles. The lowest BCUT2D eigenvalue weighted by Crippen LogP contribution is -2.43. The van der Waals surface area contributed by atoms with E-state index in [-0.39, 0.29) is 49.8 Å². The van der Waals surface area contributed by atoms with Gasteiger partial charge in [0.25, 0.3) is 0 Å². The van der Waals surface area contributed by atoms with Crippen LogP contribution in [0.1, 0.15) is 67.2 Å². The fourth-order valence-corrected chi connectivity index (χ4v) is 4.46. The predicted octanol–water partition coefficient (Wildman–Crippen LogP) is 2.82. The lowest BCUT2D eigenvalue weighted by molar-refractivity contribution is -0.146. The minimum absolute atomic E-state index is 0.0590. The summed E-state index contributed by atoms with van der Waals surface area (Å²) < 4.78 is 35.8. The minimum atomic E-state index is -0.885. The number of hydrogen-bond donors (Lipinski definition) is 3. The first kappa shape index (κ1) is 36.3. The second-order valence-electron chi connectivity index (χ2n) is 11.9. The van der Waals surface area contributed by atoms with Crippen molar-refractivity contribution >= 4 is 24.1 Å². The molecule has 238 valence electrons. The van der Waals surface area contributed by atoms with Crippen LogP contribution in [-0.2, 0) is 42.7 Å². The van der Waals surface area contributed by atoms with Crippen molar-refractivity contribution in [1.82, 2.24) is 10.6 Å². The number of aliphatic carboxylic acids is 1. The SMILES string of the molecule is COCO[C@@H]1C[C@@H](C(=O)O)C[C@H]1NC(=O)OC(C)(C)C.COCO[C@@H]1C[C@@H](C(=O)OC)C[C@H]1NC(=O)OC(C)(C)C. The number of esters is 1. The maximum absolute atomic E-state index is 11.8. The van der Waals surface area contributed by atoms with Gasteiger partial charge < -0.3 is 48.9 Å². The number of carbonyl (C=O) groups is 4. The van der Waals surface area contributed by atoms with E-state index < -0.39 is 35.3 Å². The average molecular weight is 593 g/mol. The molecule has 2 rings (SSSR count). The van der Waals surface area contributed by atoms with Gasteiger partial charge in [-0.05, 0) is 67.2 Å². The largest absolute Gasteiger partial charge is 0.481 e. The number of carboxylic acids is 1. The maximum Gasteiger partial charge on any atom is 0.407 e. The van der Waals surface area contributed by atoms with E-state index in [1.165, 1.54) is 21.3 Å². The van der Waals surface area contributed by atoms with Crippen molar-refractivity contribution in [2.75, 3.05) is 34.9 Å². The summed E-state index contributed by atoms with van der Waals surface area (Å²) >= 11 is 0. The van der Waals surface area contributed by atoms with Crippen molar-refractivity contribution in [2.45, 2.75) is 103 Å². The van der Waals surface area contributed by atoms with E-state index in [0.29, 0.717) is 25.7 Å². The Bertz CT molecular complexity index is 854. The van der Waals surface area contributed by atoms with Crippen LogP contribution >= 0.6 is 0 Å². The van der Waals surface area contributed by atoms with Gasteiger partial charge in [-0.2, -0.15) is 0 Å². The van der Waals surface area contributed by atoms with Crippen molar-refractivity contribution in [1.29, 1.82) is 0 Å². The Hall–Kier alpha value is -2.68. The zero-order chi connectivity index (χ0) is 31.4.